The van der Waals surface area contributed by atoms with Crippen molar-refractivity contribution >= 4 is 15.7 Å². The zero-order valence-corrected chi connectivity index (χ0v) is 13.8. The lowest BCUT2D eigenvalue weighted by atomic mass is 9.87. The number of anilines is 1. The molecule has 0 saturated heterocycles. The Morgan fingerprint density at radius 3 is 2.44 bits per heavy atom. The smallest absolute Gasteiger partial charge is 0.283 e. The third-order valence-corrected chi connectivity index (χ3v) is 5.63. The maximum Gasteiger partial charge on any atom is 0.303 e. The van der Waals surface area contributed by atoms with Crippen LogP contribution in [-0.4, -0.2) is 23.6 Å². The molecule has 2 unspecified atom stereocenters. The SMILES string of the molecule is O=[N+]([O-])C1(c2ccccn2)C=CC=CC1S(=O)(=O)Nc1ccccc1. The Bertz CT molecular complexity index is 927. The number of hydrogen-bond donors (Lipinski definition) is 1. The standard InChI is InChI=1S/C17H15N3O4S/c21-20(22)17(15-10-5-7-13-18-15)12-6-4-11-16(17)25(23,24)19-14-8-2-1-3-9-14/h1-13,16,19H. The lowest BCUT2D eigenvalue weighted by molar-refractivity contribution is -0.562. The zero-order chi connectivity index (χ0) is 17.9. The summed E-state index contributed by atoms with van der Waals surface area (Å²) >= 11 is 0. The van der Waals surface area contributed by atoms with Crippen LogP contribution in [0.3, 0.4) is 0 Å². The van der Waals surface area contributed by atoms with E-state index in [1.54, 1.807) is 42.5 Å². The van der Waals surface area contributed by atoms with Crippen molar-refractivity contribution in [1.29, 1.82) is 0 Å². The van der Waals surface area contributed by atoms with E-state index in [1.807, 2.05) is 0 Å². The highest BCUT2D eigenvalue weighted by molar-refractivity contribution is 7.93. The van der Waals surface area contributed by atoms with Crippen molar-refractivity contribution in [2.75, 3.05) is 4.72 Å². The summed E-state index contributed by atoms with van der Waals surface area (Å²) in [6.07, 6.45) is 6.93. The number of nitro groups is 1. The number of para-hydroxylation sites is 1. The molecule has 1 aromatic carbocycles. The van der Waals surface area contributed by atoms with Crippen molar-refractivity contribution in [3.63, 3.8) is 0 Å². The van der Waals surface area contributed by atoms with Crippen LogP contribution >= 0.6 is 0 Å². The molecule has 128 valence electrons. The van der Waals surface area contributed by atoms with Crippen LogP contribution in [0.25, 0.3) is 0 Å². The Balaban J connectivity index is 2.10. The van der Waals surface area contributed by atoms with Gasteiger partial charge in [0.15, 0.2) is 5.25 Å². The van der Waals surface area contributed by atoms with E-state index in [-0.39, 0.29) is 5.69 Å². The van der Waals surface area contributed by atoms with Crippen LogP contribution in [0.5, 0.6) is 0 Å². The largest absolute Gasteiger partial charge is 0.303 e. The van der Waals surface area contributed by atoms with Crippen LogP contribution in [0.4, 0.5) is 5.69 Å². The van der Waals surface area contributed by atoms with Gasteiger partial charge in [-0.25, -0.2) is 8.42 Å². The summed E-state index contributed by atoms with van der Waals surface area (Å²) in [5, 5.41) is 10.5. The number of nitrogens with one attached hydrogen (secondary N) is 1. The third kappa shape index (κ3) is 3.03. The summed E-state index contributed by atoms with van der Waals surface area (Å²) in [5.41, 5.74) is -1.61. The van der Waals surface area contributed by atoms with Gasteiger partial charge in [0.05, 0.1) is 0 Å². The van der Waals surface area contributed by atoms with Gasteiger partial charge in [-0.15, -0.1) is 0 Å². The Kier molecular flexibility index (Phi) is 4.37. The van der Waals surface area contributed by atoms with Crippen LogP contribution in [0.15, 0.2) is 79.0 Å². The van der Waals surface area contributed by atoms with E-state index >= 15 is 0 Å². The molecule has 0 bridgehead atoms. The molecule has 1 aromatic heterocycles. The molecule has 0 amide bonds. The average Bonchev–Trinajstić information content (AvgIpc) is 2.62. The Labute approximate surface area is 144 Å². The van der Waals surface area contributed by atoms with E-state index in [9.17, 15) is 18.5 Å². The van der Waals surface area contributed by atoms with Gasteiger partial charge in [-0.3, -0.25) is 19.8 Å². The molecule has 1 aliphatic carbocycles. The van der Waals surface area contributed by atoms with E-state index in [1.165, 1.54) is 36.6 Å². The molecule has 0 spiro atoms. The summed E-state index contributed by atoms with van der Waals surface area (Å²) in [6.45, 7) is 0. The first-order valence-corrected chi connectivity index (χ1v) is 9.00. The fourth-order valence-corrected chi connectivity index (χ4v) is 4.42. The second kappa shape index (κ2) is 6.48. The van der Waals surface area contributed by atoms with E-state index in [0.717, 1.165) is 0 Å². The van der Waals surface area contributed by atoms with Crippen molar-refractivity contribution in [3.05, 3.63) is 94.8 Å². The highest BCUT2D eigenvalue weighted by atomic mass is 32.2. The first kappa shape index (κ1) is 16.8. The number of sulfonamides is 1. The first-order valence-electron chi connectivity index (χ1n) is 7.45. The summed E-state index contributed by atoms with van der Waals surface area (Å²) in [4.78, 5) is 15.4. The van der Waals surface area contributed by atoms with Gasteiger partial charge in [-0.05, 0) is 24.3 Å². The van der Waals surface area contributed by atoms with Crippen molar-refractivity contribution in [1.82, 2.24) is 4.98 Å². The van der Waals surface area contributed by atoms with Crippen molar-refractivity contribution in [3.8, 4) is 0 Å². The van der Waals surface area contributed by atoms with Crippen molar-refractivity contribution in [2.45, 2.75) is 10.8 Å². The normalized spacial score (nSPS) is 22.5. The minimum Gasteiger partial charge on any atom is -0.283 e. The molecule has 1 aliphatic rings. The van der Waals surface area contributed by atoms with Gasteiger partial charge in [0, 0.05) is 22.9 Å². The van der Waals surface area contributed by atoms with Crippen molar-refractivity contribution < 1.29 is 13.3 Å². The zero-order valence-electron chi connectivity index (χ0n) is 13.0. The second-order valence-electron chi connectivity index (χ2n) is 5.48. The lowest BCUT2D eigenvalue weighted by Crippen LogP contribution is -2.51. The number of rotatable bonds is 5. The number of nitrogens with zero attached hydrogens (tertiary/aromatic N) is 2. The molecule has 0 fully saturated rings. The predicted molar refractivity (Wildman–Crippen MR) is 94.0 cm³/mol. The van der Waals surface area contributed by atoms with E-state index in [0.29, 0.717) is 5.69 Å². The maximum atomic E-state index is 12.9. The van der Waals surface area contributed by atoms with E-state index in [4.69, 9.17) is 0 Å². The number of allylic oxidation sites excluding steroid dienone is 2. The topological polar surface area (TPSA) is 102 Å². The van der Waals surface area contributed by atoms with Crippen LogP contribution < -0.4 is 4.72 Å². The predicted octanol–water partition coefficient (Wildman–Crippen LogP) is 2.49. The van der Waals surface area contributed by atoms with Gasteiger partial charge >= 0.3 is 5.54 Å². The van der Waals surface area contributed by atoms with Crippen molar-refractivity contribution in [2.24, 2.45) is 0 Å². The molecule has 2 aromatic rings. The number of benzene rings is 1. The fraction of sp³-hybridized carbons (Fsp3) is 0.118. The highest BCUT2D eigenvalue weighted by Crippen LogP contribution is 2.37. The molecule has 0 saturated carbocycles. The van der Waals surface area contributed by atoms with E-state index in [2.05, 4.69) is 9.71 Å². The quantitative estimate of drug-likeness (QED) is 0.654. The van der Waals surface area contributed by atoms with Crippen LogP contribution in [-0.2, 0) is 15.6 Å². The number of pyridine rings is 1. The van der Waals surface area contributed by atoms with Gasteiger partial charge in [0.2, 0.25) is 10.0 Å². The molecule has 2 atom stereocenters. The summed E-state index contributed by atoms with van der Waals surface area (Å²) < 4.78 is 28.3. The Morgan fingerprint density at radius 2 is 1.80 bits per heavy atom. The molecular formula is C17H15N3O4S. The molecule has 0 radical (unpaired) electrons. The van der Waals surface area contributed by atoms with Gasteiger partial charge < -0.3 is 0 Å². The van der Waals surface area contributed by atoms with Gasteiger partial charge in [-0.2, -0.15) is 0 Å². The highest BCUT2D eigenvalue weighted by Gasteiger charge is 2.57. The fourth-order valence-electron chi connectivity index (χ4n) is 2.77. The number of aromatic nitrogens is 1. The third-order valence-electron chi connectivity index (χ3n) is 3.93. The average molecular weight is 357 g/mol. The van der Waals surface area contributed by atoms with Gasteiger partial charge in [0.1, 0.15) is 5.69 Å². The molecule has 1 heterocycles. The molecule has 0 aliphatic heterocycles. The Hall–Kier alpha value is -3.00. The first-order chi connectivity index (χ1) is 12.0. The Morgan fingerprint density at radius 1 is 1.08 bits per heavy atom. The monoisotopic (exact) mass is 357 g/mol. The molecule has 3 rings (SSSR count). The number of hydrogen-bond acceptors (Lipinski definition) is 5. The molecular weight excluding hydrogens is 342 g/mol. The maximum absolute atomic E-state index is 12.9. The summed E-state index contributed by atoms with van der Waals surface area (Å²) in [5.74, 6) is 0. The van der Waals surface area contributed by atoms with Gasteiger partial charge in [0.25, 0.3) is 0 Å². The van der Waals surface area contributed by atoms with Crippen LogP contribution in [0, 0.1) is 10.1 Å². The van der Waals surface area contributed by atoms with Gasteiger partial charge in [-0.1, -0.05) is 42.5 Å². The minimum absolute atomic E-state index is 0.0593. The lowest BCUT2D eigenvalue weighted by Gasteiger charge is -2.29. The molecule has 7 nitrogen and oxygen atoms in total. The summed E-state index contributed by atoms with van der Waals surface area (Å²) in [6, 6.07) is 12.9. The summed E-state index contributed by atoms with van der Waals surface area (Å²) in [7, 11) is -4.11. The minimum atomic E-state index is -4.11. The molecule has 25 heavy (non-hydrogen) atoms. The molecule has 1 N–H and O–H groups in total. The van der Waals surface area contributed by atoms with E-state index < -0.39 is 25.7 Å². The van der Waals surface area contributed by atoms with Crippen LogP contribution in [0.2, 0.25) is 0 Å². The van der Waals surface area contributed by atoms with Crippen LogP contribution in [0.1, 0.15) is 5.69 Å². The molecule has 8 heteroatoms. The second-order valence-corrected chi connectivity index (χ2v) is 7.28.